The summed E-state index contributed by atoms with van der Waals surface area (Å²) in [6, 6.07) is 0. The maximum Gasteiger partial charge on any atom is 0.264 e. The number of nitrogens with one attached hydrogen (secondary N) is 1. The van der Waals surface area contributed by atoms with Crippen molar-refractivity contribution in [1.29, 1.82) is 0 Å². The first-order valence-corrected chi connectivity index (χ1v) is 6.64. The number of rotatable bonds is 4. The number of carbonyl (C=O) groups is 1. The number of carbonyl (C=O) groups excluding carboxylic acids is 1. The maximum atomic E-state index is 12.3. The zero-order chi connectivity index (χ0) is 15.6. The lowest BCUT2D eigenvalue weighted by Gasteiger charge is -2.20. The monoisotopic (exact) mass is 293 g/mol. The fraction of sp³-hybridized carbons (Fsp3) is 0.538. The van der Waals surface area contributed by atoms with Gasteiger partial charge in [0.25, 0.3) is 5.56 Å². The molecule has 114 valence electrons. The number of hydrogen-bond acceptors (Lipinski definition) is 5. The van der Waals surface area contributed by atoms with Crippen LogP contribution >= 0.6 is 0 Å². The molecule has 2 aromatic heterocycles. The molecule has 8 nitrogen and oxygen atoms in total. The second kappa shape index (κ2) is 5.65. The molecule has 0 aliphatic heterocycles. The summed E-state index contributed by atoms with van der Waals surface area (Å²) in [5.74, 6) is -0.256. The third-order valence-electron chi connectivity index (χ3n) is 2.76. The standard InChI is InChI=1S/C13H19N5O3/c1-13(2,3)16-10(20)7-17-8-14-11-9(12(17)21)6-15-18(11)4-5-19/h6,8,19H,4-5,7H2,1-3H3,(H,16,20). The zero-order valence-corrected chi connectivity index (χ0v) is 12.3. The lowest BCUT2D eigenvalue weighted by molar-refractivity contribution is -0.123. The largest absolute Gasteiger partial charge is 0.394 e. The van der Waals surface area contributed by atoms with E-state index >= 15 is 0 Å². The third kappa shape index (κ3) is 3.46. The van der Waals surface area contributed by atoms with Gasteiger partial charge in [0.2, 0.25) is 5.91 Å². The number of aromatic nitrogens is 4. The van der Waals surface area contributed by atoms with Gasteiger partial charge in [-0.2, -0.15) is 5.10 Å². The highest BCUT2D eigenvalue weighted by molar-refractivity contribution is 5.77. The number of amides is 1. The first-order valence-electron chi connectivity index (χ1n) is 6.64. The first-order chi connectivity index (χ1) is 9.81. The van der Waals surface area contributed by atoms with Gasteiger partial charge in [-0.1, -0.05) is 0 Å². The van der Waals surface area contributed by atoms with Crippen LogP contribution < -0.4 is 10.9 Å². The van der Waals surface area contributed by atoms with Crippen molar-refractivity contribution in [3.63, 3.8) is 0 Å². The first kappa shape index (κ1) is 15.2. The lowest BCUT2D eigenvalue weighted by atomic mass is 10.1. The molecule has 0 saturated heterocycles. The highest BCUT2D eigenvalue weighted by Gasteiger charge is 2.16. The average molecular weight is 293 g/mol. The van der Waals surface area contributed by atoms with Crippen LogP contribution in [0.5, 0.6) is 0 Å². The molecule has 8 heteroatoms. The summed E-state index contributed by atoms with van der Waals surface area (Å²) in [7, 11) is 0. The fourth-order valence-corrected chi connectivity index (χ4v) is 1.98. The van der Waals surface area contributed by atoms with Gasteiger partial charge in [0.1, 0.15) is 18.3 Å². The molecular weight excluding hydrogens is 274 g/mol. The van der Waals surface area contributed by atoms with Gasteiger partial charge in [0, 0.05) is 5.54 Å². The van der Waals surface area contributed by atoms with E-state index in [0.717, 1.165) is 0 Å². The van der Waals surface area contributed by atoms with Gasteiger partial charge in [-0.05, 0) is 20.8 Å². The predicted molar refractivity (Wildman–Crippen MR) is 76.8 cm³/mol. The Morgan fingerprint density at radius 1 is 1.43 bits per heavy atom. The molecule has 0 atom stereocenters. The summed E-state index contributed by atoms with van der Waals surface area (Å²) >= 11 is 0. The van der Waals surface area contributed by atoms with Crippen molar-refractivity contribution in [2.75, 3.05) is 6.61 Å². The van der Waals surface area contributed by atoms with Crippen molar-refractivity contribution < 1.29 is 9.90 Å². The van der Waals surface area contributed by atoms with Crippen LogP contribution in [-0.2, 0) is 17.9 Å². The van der Waals surface area contributed by atoms with Gasteiger partial charge in [-0.3, -0.25) is 14.2 Å². The molecule has 2 rings (SSSR count). The van der Waals surface area contributed by atoms with Crippen LogP contribution in [0.15, 0.2) is 17.3 Å². The minimum Gasteiger partial charge on any atom is -0.394 e. The van der Waals surface area contributed by atoms with Crippen LogP contribution in [0.3, 0.4) is 0 Å². The van der Waals surface area contributed by atoms with Crippen LogP contribution in [0, 0.1) is 0 Å². The molecule has 0 aromatic carbocycles. The Labute approximate surface area is 121 Å². The predicted octanol–water partition coefficient (Wildman–Crippen LogP) is -0.500. The molecule has 2 aromatic rings. The van der Waals surface area contributed by atoms with Gasteiger partial charge in [0.05, 0.1) is 19.3 Å². The molecule has 0 radical (unpaired) electrons. The van der Waals surface area contributed by atoms with Crippen molar-refractivity contribution in [2.45, 2.75) is 39.4 Å². The van der Waals surface area contributed by atoms with Crippen molar-refractivity contribution in [2.24, 2.45) is 0 Å². The summed E-state index contributed by atoms with van der Waals surface area (Å²) in [6.07, 6.45) is 2.72. The Balaban J connectivity index is 2.28. The molecule has 2 heterocycles. The Kier molecular flexibility index (Phi) is 4.08. The lowest BCUT2D eigenvalue weighted by Crippen LogP contribution is -2.43. The van der Waals surface area contributed by atoms with Crippen molar-refractivity contribution in [3.8, 4) is 0 Å². The number of aliphatic hydroxyl groups excluding tert-OH is 1. The minimum absolute atomic E-state index is 0.0878. The summed E-state index contributed by atoms with van der Waals surface area (Å²) in [4.78, 5) is 28.3. The molecular formula is C13H19N5O3. The molecule has 0 bridgehead atoms. The van der Waals surface area contributed by atoms with E-state index in [1.165, 1.54) is 21.8 Å². The molecule has 1 amide bonds. The van der Waals surface area contributed by atoms with E-state index in [1.807, 2.05) is 20.8 Å². The number of nitrogens with zero attached hydrogens (tertiary/aromatic N) is 4. The molecule has 0 spiro atoms. The summed E-state index contributed by atoms with van der Waals surface area (Å²) in [5.41, 5.74) is -0.278. The van der Waals surface area contributed by atoms with E-state index in [-0.39, 0.29) is 36.7 Å². The Bertz CT molecular complexity index is 711. The summed E-state index contributed by atoms with van der Waals surface area (Å²) < 4.78 is 2.70. The van der Waals surface area contributed by atoms with Crippen molar-refractivity contribution in [1.82, 2.24) is 24.6 Å². The van der Waals surface area contributed by atoms with Gasteiger partial charge >= 0.3 is 0 Å². The molecule has 0 aliphatic rings. The van der Waals surface area contributed by atoms with E-state index in [1.54, 1.807) is 0 Å². The van der Waals surface area contributed by atoms with Crippen LogP contribution in [0.4, 0.5) is 0 Å². The quantitative estimate of drug-likeness (QED) is 0.791. The van der Waals surface area contributed by atoms with E-state index in [2.05, 4.69) is 15.4 Å². The number of fused-ring (bicyclic) bond motifs is 1. The smallest absolute Gasteiger partial charge is 0.264 e. The van der Waals surface area contributed by atoms with Crippen LogP contribution in [0.1, 0.15) is 20.8 Å². The van der Waals surface area contributed by atoms with Crippen LogP contribution in [-0.4, -0.2) is 42.5 Å². The van der Waals surface area contributed by atoms with Gasteiger partial charge < -0.3 is 10.4 Å². The Hall–Kier alpha value is -2.22. The third-order valence-corrected chi connectivity index (χ3v) is 2.76. The molecule has 0 aliphatic carbocycles. The SMILES string of the molecule is CC(C)(C)NC(=O)Cn1cnc2c(cnn2CCO)c1=O. The van der Waals surface area contributed by atoms with Gasteiger partial charge in [0.15, 0.2) is 5.65 Å². The summed E-state index contributed by atoms with van der Waals surface area (Å²) in [6.45, 7) is 5.69. The topological polar surface area (TPSA) is 102 Å². The van der Waals surface area contributed by atoms with Gasteiger partial charge in [-0.15, -0.1) is 0 Å². The van der Waals surface area contributed by atoms with E-state index in [4.69, 9.17) is 5.11 Å². The van der Waals surface area contributed by atoms with Crippen molar-refractivity contribution >= 4 is 16.9 Å². The fourth-order valence-electron chi connectivity index (χ4n) is 1.98. The normalized spacial score (nSPS) is 11.8. The highest BCUT2D eigenvalue weighted by atomic mass is 16.3. The molecule has 0 fully saturated rings. The van der Waals surface area contributed by atoms with E-state index in [9.17, 15) is 9.59 Å². The highest BCUT2D eigenvalue weighted by Crippen LogP contribution is 2.05. The van der Waals surface area contributed by atoms with Crippen LogP contribution in [0.25, 0.3) is 11.0 Å². The summed E-state index contributed by atoms with van der Waals surface area (Å²) in [5, 5.41) is 16.0. The maximum absolute atomic E-state index is 12.3. The number of hydrogen-bond donors (Lipinski definition) is 2. The van der Waals surface area contributed by atoms with E-state index in [0.29, 0.717) is 11.0 Å². The van der Waals surface area contributed by atoms with Gasteiger partial charge in [-0.25, -0.2) is 9.67 Å². The van der Waals surface area contributed by atoms with Crippen molar-refractivity contribution in [3.05, 3.63) is 22.9 Å². The molecule has 0 unspecified atom stereocenters. The second-order valence-electron chi connectivity index (χ2n) is 5.80. The molecule has 2 N–H and O–H groups in total. The average Bonchev–Trinajstić information content (AvgIpc) is 2.75. The number of aliphatic hydroxyl groups is 1. The Morgan fingerprint density at radius 2 is 2.14 bits per heavy atom. The molecule has 0 saturated carbocycles. The van der Waals surface area contributed by atoms with Crippen LogP contribution in [0.2, 0.25) is 0 Å². The minimum atomic E-state index is -0.357. The Morgan fingerprint density at radius 3 is 2.76 bits per heavy atom. The van der Waals surface area contributed by atoms with E-state index < -0.39 is 0 Å². The molecule has 21 heavy (non-hydrogen) atoms. The zero-order valence-electron chi connectivity index (χ0n) is 12.3. The second-order valence-corrected chi connectivity index (χ2v) is 5.80.